The van der Waals surface area contributed by atoms with Crippen molar-refractivity contribution in [2.45, 2.75) is 17.9 Å². The van der Waals surface area contributed by atoms with Crippen LogP contribution < -0.4 is 16.0 Å². The number of halogens is 2. The van der Waals surface area contributed by atoms with Gasteiger partial charge in [-0.1, -0.05) is 12.1 Å². The van der Waals surface area contributed by atoms with E-state index in [0.717, 1.165) is 35.1 Å². The lowest BCUT2D eigenvalue weighted by Gasteiger charge is -2.12. The highest BCUT2D eigenvalue weighted by Gasteiger charge is 2.02. The molecule has 0 unspecified atom stereocenters. The second-order valence-electron chi connectivity index (χ2n) is 5.82. The van der Waals surface area contributed by atoms with E-state index in [0.29, 0.717) is 12.2 Å². The molecule has 0 spiro atoms. The average molecular weight is 532 g/mol. The van der Waals surface area contributed by atoms with E-state index in [1.54, 1.807) is 30.9 Å². The molecule has 0 aromatic heterocycles. The summed E-state index contributed by atoms with van der Waals surface area (Å²) in [6.45, 7) is 1.40. The molecule has 0 fully saturated rings. The Labute approximate surface area is 192 Å². The number of hydrogen-bond donors (Lipinski definition) is 3. The van der Waals surface area contributed by atoms with Crippen LogP contribution in [0.1, 0.15) is 12.0 Å². The van der Waals surface area contributed by atoms with Gasteiger partial charge < -0.3 is 15.4 Å². The fraction of sp³-hybridized carbons (Fsp3) is 0.300. The van der Waals surface area contributed by atoms with E-state index < -0.39 is 6.09 Å². The molecular weight excluding hydrogens is 506 g/mol. The van der Waals surface area contributed by atoms with Gasteiger partial charge in [0.1, 0.15) is 5.82 Å². The molecule has 2 aromatic carbocycles. The van der Waals surface area contributed by atoms with Crippen molar-refractivity contribution in [2.24, 2.45) is 4.99 Å². The van der Waals surface area contributed by atoms with E-state index in [-0.39, 0.29) is 29.8 Å². The van der Waals surface area contributed by atoms with Crippen molar-refractivity contribution >= 4 is 53.5 Å². The topological polar surface area (TPSA) is 74.8 Å². The van der Waals surface area contributed by atoms with Gasteiger partial charge in [-0.3, -0.25) is 10.3 Å². The molecular formula is C20H26FIN4O2S. The van der Waals surface area contributed by atoms with Crippen LogP contribution in [-0.2, 0) is 11.3 Å². The Hall–Kier alpha value is -2.01. The molecule has 9 heteroatoms. The molecule has 0 bridgehead atoms. The Morgan fingerprint density at radius 3 is 2.41 bits per heavy atom. The number of hydrogen-bond acceptors (Lipinski definition) is 4. The van der Waals surface area contributed by atoms with E-state index >= 15 is 0 Å². The van der Waals surface area contributed by atoms with E-state index in [4.69, 9.17) is 0 Å². The van der Waals surface area contributed by atoms with E-state index in [1.165, 1.54) is 19.2 Å². The second-order valence-corrected chi connectivity index (χ2v) is 6.99. The van der Waals surface area contributed by atoms with Gasteiger partial charge in [-0.2, -0.15) is 0 Å². The van der Waals surface area contributed by atoms with Gasteiger partial charge in [0.15, 0.2) is 5.96 Å². The second kappa shape index (κ2) is 14.0. The zero-order chi connectivity index (χ0) is 20.2. The van der Waals surface area contributed by atoms with Crippen molar-refractivity contribution in [2.75, 3.05) is 31.8 Å². The Bertz CT molecular complexity index is 773. The van der Waals surface area contributed by atoms with Crippen molar-refractivity contribution in [3.05, 3.63) is 59.9 Å². The standard InChI is InChI=1S/C20H25FN4O2S.HI/c1-22-19(23-12-3-13-28-18-10-6-16(21)7-11-18)24-14-15-4-8-17(9-5-15)25-20(26)27-2;/h4-11H,3,12-14H2,1-2H3,(H,25,26)(H2,22,23,24);1H. The lowest BCUT2D eigenvalue weighted by Crippen LogP contribution is -2.37. The van der Waals surface area contributed by atoms with Gasteiger partial charge in [0.25, 0.3) is 0 Å². The molecule has 2 rings (SSSR count). The third-order valence-electron chi connectivity index (χ3n) is 3.77. The lowest BCUT2D eigenvalue weighted by molar-refractivity contribution is 0.187. The van der Waals surface area contributed by atoms with Crippen LogP contribution in [0.2, 0.25) is 0 Å². The molecule has 6 nitrogen and oxygen atoms in total. The van der Waals surface area contributed by atoms with Crippen molar-refractivity contribution < 1.29 is 13.9 Å². The summed E-state index contributed by atoms with van der Waals surface area (Å²) in [4.78, 5) is 16.4. The van der Waals surface area contributed by atoms with E-state index in [1.807, 2.05) is 24.3 Å². The summed E-state index contributed by atoms with van der Waals surface area (Å²) in [5, 5.41) is 9.13. The minimum atomic E-state index is -0.493. The molecule has 0 aliphatic heterocycles. The van der Waals surface area contributed by atoms with Crippen LogP contribution in [0.4, 0.5) is 14.9 Å². The van der Waals surface area contributed by atoms with Crippen LogP contribution in [0.15, 0.2) is 58.4 Å². The maximum Gasteiger partial charge on any atom is 0.411 e. The summed E-state index contributed by atoms with van der Waals surface area (Å²) in [7, 11) is 3.06. The number of anilines is 1. The molecule has 0 atom stereocenters. The predicted octanol–water partition coefficient (Wildman–Crippen LogP) is 4.47. The molecule has 0 aliphatic rings. The molecule has 158 valence electrons. The maximum absolute atomic E-state index is 12.9. The summed E-state index contributed by atoms with van der Waals surface area (Å²) < 4.78 is 17.4. The van der Waals surface area contributed by atoms with Crippen molar-refractivity contribution in [3.8, 4) is 0 Å². The summed E-state index contributed by atoms with van der Waals surface area (Å²) in [5.74, 6) is 1.45. The minimum Gasteiger partial charge on any atom is -0.453 e. The third-order valence-corrected chi connectivity index (χ3v) is 4.86. The fourth-order valence-electron chi connectivity index (χ4n) is 2.28. The van der Waals surface area contributed by atoms with E-state index in [9.17, 15) is 9.18 Å². The number of amides is 1. The smallest absolute Gasteiger partial charge is 0.411 e. The van der Waals surface area contributed by atoms with Gasteiger partial charge in [-0.15, -0.1) is 35.7 Å². The first-order chi connectivity index (χ1) is 13.6. The number of methoxy groups -OCH3 is 1. The fourth-order valence-corrected chi connectivity index (χ4v) is 3.13. The first-order valence-corrected chi connectivity index (χ1v) is 9.86. The summed E-state index contributed by atoms with van der Waals surface area (Å²) in [5.41, 5.74) is 1.74. The largest absolute Gasteiger partial charge is 0.453 e. The molecule has 2 aromatic rings. The number of carbonyl (C=O) groups is 1. The molecule has 0 aliphatic carbocycles. The molecule has 0 heterocycles. The zero-order valence-electron chi connectivity index (χ0n) is 16.4. The average Bonchev–Trinajstić information content (AvgIpc) is 2.72. The third kappa shape index (κ3) is 9.84. The van der Waals surface area contributed by atoms with Gasteiger partial charge in [0.05, 0.1) is 7.11 Å². The van der Waals surface area contributed by atoms with Crippen LogP contribution in [0, 0.1) is 5.82 Å². The number of ether oxygens (including phenoxy) is 1. The Morgan fingerprint density at radius 1 is 1.10 bits per heavy atom. The van der Waals surface area contributed by atoms with Crippen LogP contribution >= 0.6 is 35.7 Å². The first kappa shape index (κ1) is 25.0. The predicted molar refractivity (Wildman–Crippen MR) is 128 cm³/mol. The maximum atomic E-state index is 12.9. The van der Waals surface area contributed by atoms with Crippen LogP contribution in [0.25, 0.3) is 0 Å². The molecule has 0 saturated carbocycles. The summed E-state index contributed by atoms with van der Waals surface area (Å²) in [6.07, 6.45) is 0.462. The Morgan fingerprint density at radius 2 is 1.79 bits per heavy atom. The van der Waals surface area contributed by atoms with Gasteiger partial charge in [-0.25, -0.2) is 9.18 Å². The van der Waals surface area contributed by atoms with Gasteiger partial charge in [-0.05, 0) is 54.1 Å². The minimum absolute atomic E-state index is 0. The van der Waals surface area contributed by atoms with Gasteiger partial charge in [0.2, 0.25) is 0 Å². The molecule has 0 radical (unpaired) electrons. The van der Waals surface area contributed by atoms with Crippen LogP contribution in [0.5, 0.6) is 0 Å². The highest BCUT2D eigenvalue weighted by atomic mass is 127. The Balaban J connectivity index is 0.00000420. The van der Waals surface area contributed by atoms with Gasteiger partial charge in [0, 0.05) is 30.7 Å². The van der Waals surface area contributed by atoms with Gasteiger partial charge >= 0.3 is 6.09 Å². The zero-order valence-corrected chi connectivity index (χ0v) is 19.6. The number of nitrogens with zero attached hydrogens (tertiary/aromatic N) is 1. The monoisotopic (exact) mass is 532 g/mol. The summed E-state index contributed by atoms with van der Waals surface area (Å²) >= 11 is 1.70. The Kier molecular flexibility index (Phi) is 12.1. The quantitative estimate of drug-likeness (QED) is 0.154. The highest BCUT2D eigenvalue weighted by molar-refractivity contribution is 14.0. The molecule has 3 N–H and O–H groups in total. The SMILES string of the molecule is CN=C(NCCCSc1ccc(F)cc1)NCc1ccc(NC(=O)OC)cc1.I. The van der Waals surface area contributed by atoms with Crippen LogP contribution in [0.3, 0.4) is 0 Å². The van der Waals surface area contributed by atoms with Crippen molar-refractivity contribution in [3.63, 3.8) is 0 Å². The number of thioether (sulfide) groups is 1. The van der Waals surface area contributed by atoms with E-state index in [2.05, 4.69) is 25.7 Å². The summed E-state index contributed by atoms with van der Waals surface area (Å²) in [6, 6.07) is 14.0. The number of guanidine groups is 1. The first-order valence-electron chi connectivity index (χ1n) is 8.87. The number of rotatable bonds is 8. The lowest BCUT2D eigenvalue weighted by atomic mass is 10.2. The van der Waals surface area contributed by atoms with Crippen molar-refractivity contribution in [1.82, 2.24) is 10.6 Å². The molecule has 1 amide bonds. The molecule has 0 saturated heterocycles. The van der Waals surface area contributed by atoms with Crippen molar-refractivity contribution in [1.29, 1.82) is 0 Å². The number of benzene rings is 2. The molecule has 29 heavy (non-hydrogen) atoms. The number of nitrogens with one attached hydrogen (secondary N) is 3. The number of carbonyl (C=O) groups excluding carboxylic acids is 1. The van der Waals surface area contributed by atoms with Crippen LogP contribution in [-0.4, -0.2) is 38.5 Å². The number of aliphatic imine (C=N–C) groups is 1. The normalized spacial score (nSPS) is 10.7. The highest BCUT2D eigenvalue weighted by Crippen LogP contribution is 2.18.